The van der Waals surface area contributed by atoms with Crippen LogP contribution in [0.25, 0.3) is 10.9 Å². The Bertz CT molecular complexity index is 1050. The highest BCUT2D eigenvalue weighted by atomic mass is 35.5. The Kier molecular flexibility index (Phi) is 6.49. The molecule has 0 aliphatic rings. The van der Waals surface area contributed by atoms with Crippen molar-refractivity contribution in [3.63, 3.8) is 0 Å². The van der Waals surface area contributed by atoms with Crippen molar-refractivity contribution >= 4 is 38.2 Å². The number of ether oxygens (including phenoxy) is 2. The van der Waals surface area contributed by atoms with Gasteiger partial charge >= 0.3 is 0 Å². The Labute approximate surface area is 170 Å². The van der Waals surface area contributed by atoms with Crippen LogP contribution in [-0.2, 0) is 14.8 Å². The normalized spacial score (nSPS) is 11.7. The number of sulfonamides is 1. The third kappa shape index (κ3) is 4.27. The van der Waals surface area contributed by atoms with E-state index in [0.717, 1.165) is 10.9 Å². The molecule has 1 N–H and O–H groups in total. The van der Waals surface area contributed by atoms with E-state index in [2.05, 4.69) is 4.98 Å². The molecule has 3 rings (SSSR count). The first-order valence-electron chi connectivity index (χ1n) is 8.98. The molecule has 0 radical (unpaired) electrons. The highest BCUT2D eigenvalue weighted by Gasteiger charge is 2.28. The van der Waals surface area contributed by atoms with Gasteiger partial charge in [0.1, 0.15) is 10.6 Å². The second-order valence-corrected chi connectivity index (χ2v) is 8.47. The molecule has 150 valence electrons. The lowest BCUT2D eigenvalue weighted by Crippen LogP contribution is -2.31. The molecule has 1 aromatic heterocycles. The molecule has 6 nitrogen and oxygen atoms in total. The fourth-order valence-corrected chi connectivity index (χ4v) is 4.86. The third-order valence-corrected chi connectivity index (χ3v) is 6.50. The van der Waals surface area contributed by atoms with Crippen LogP contribution in [0.1, 0.15) is 13.3 Å². The number of hydrogen-bond acceptors (Lipinski definition) is 4. The fourth-order valence-electron chi connectivity index (χ4n) is 2.99. The summed E-state index contributed by atoms with van der Waals surface area (Å²) in [6.07, 6.45) is 2.47. The van der Waals surface area contributed by atoms with Crippen molar-refractivity contribution in [3.05, 3.63) is 53.7 Å². The smallest absolute Gasteiger partial charge is 0.268 e. The first-order valence-corrected chi connectivity index (χ1v) is 10.8. The van der Waals surface area contributed by atoms with E-state index >= 15 is 0 Å². The fraction of sp³-hybridized carbons (Fsp3) is 0.300. The maximum absolute atomic E-state index is 13.5. The summed E-state index contributed by atoms with van der Waals surface area (Å²) in [7, 11) is -2.26. The summed E-state index contributed by atoms with van der Waals surface area (Å²) >= 11 is 6.10. The Balaban J connectivity index is 1.98. The van der Waals surface area contributed by atoms with Crippen molar-refractivity contribution < 1.29 is 17.9 Å². The molecule has 0 saturated heterocycles. The minimum absolute atomic E-state index is 0.0495. The highest BCUT2D eigenvalue weighted by Crippen LogP contribution is 2.33. The SMILES string of the molecule is CCN(c1ccc2[nH]ccc2c1)S(=O)(=O)c1cc(Cl)ccc1OCCCOC. The second-order valence-electron chi connectivity index (χ2n) is 6.20. The van der Waals surface area contributed by atoms with Crippen molar-refractivity contribution in [1.82, 2.24) is 4.98 Å². The molecule has 8 heteroatoms. The second kappa shape index (κ2) is 8.86. The van der Waals surface area contributed by atoms with Gasteiger partial charge in [0.15, 0.2) is 0 Å². The van der Waals surface area contributed by atoms with E-state index in [4.69, 9.17) is 21.1 Å². The van der Waals surface area contributed by atoms with E-state index in [1.807, 2.05) is 24.4 Å². The van der Waals surface area contributed by atoms with E-state index < -0.39 is 10.0 Å². The van der Waals surface area contributed by atoms with Gasteiger partial charge in [-0.2, -0.15) is 0 Å². The lowest BCUT2D eigenvalue weighted by Gasteiger charge is -2.24. The summed E-state index contributed by atoms with van der Waals surface area (Å²) in [6, 6.07) is 12.0. The molecule has 28 heavy (non-hydrogen) atoms. The molecule has 0 aliphatic heterocycles. The standard InChI is InChI=1S/C20H23ClN2O4S/c1-3-23(17-6-7-18-15(13-17)9-10-22-18)28(24,25)20-14-16(21)5-8-19(20)27-12-4-11-26-2/h5-10,13-14,22H,3-4,11-12H2,1-2H3. The van der Waals surface area contributed by atoms with Gasteiger partial charge in [-0.05, 0) is 49.4 Å². The zero-order valence-electron chi connectivity index (χ0n) is 15.8. The van der Waals surface area contributed by atoms with Crippen LogP contribution in [0.15, 0.2) is 53.6 Å². The van der Waals surface area contributed by atoms with Gasteiger partial charge in [0.05, 0.1) is 12.3 Å². The molecular formula is C20H23ClN2O4S. The zero-order chi connectivity index (χ0) is 20.1. The average molecular weight is 423 g/mol. The first-order chi connectivity index (χ1) is 13.5. The number of H-pyrrole nitrogens is 1. The van der Waals surface area contributed by atoms with Gasteiger partial charge in [-0.25, -0.2) is 8.42 Å². The molecule has 0 unspecified atom stereocenters. The molecule has 0 spiro atoms. The summed E-state index contributed by atoms with van der Waals surface area (Å²) < 4.78 is 39.0. The lowest BCUT2D eigenvalue weighted by atomic mass is 10.2. The van der Waals surface area contributed by atoms with Gasteiger partial charge in [0.2, 0.25) is 0 Å². The Hall–Kier alpha value is -2.22. The van der Waals surface area contributed by atoms with Gasteiger partial charge in [0.25, 0.3) is 10.0 Å². The monoisotopic (exact) mass is 422 g/mol. The Morgan fingerprint density at radius 1 is 1.11 bits per heavy atom. The summed E-state index contributed by atoms with van der Waals surface area (Å²) in [4.78, 5) is 3.16. The molecule has 0 aliphatic carbocycles. The summed E-state index contributed by atoms with van der Waals surface area (Å²) in [5.74, 6) is 0.279. The summed E-state index contributed by atoms with van der Waals surface area (Å²) in [5, 5.41) is 1.27. The molecule has 0 atom stereocenters. The number of methoxy groups -OCH3 is 1. The van der Waals surface area contributed by atoms with Crippen LogP contribution >= 0.6 is 11.6 Å². The maximum Gasteiger partial charge on any atom is 0.268 e. The number of nitrogens with one attached hydrogen (secondary N) is 1. The Morgan fingerprint density at radius 2 is 1.93 bits per heavy atom. The van der Waals surface area contributed by atoms with Crippen LogP contribution in [0.2, 0.25) is 5.02 Å². The molecule has 1 heterocycles. The van der Waals surface area contributed by atoms with Crippen molar-refractivity contribution in [2.24, 2.45) is 0 Å². The zero-order valence-corrected chi connectivity index (χ0v) is 17.4. The number of anilines is 1. The number of hydrogen-bond donors (Lipinski definition) is 1. The van der Waals surface area contributed by atoms with Crippen LogP contribution in [0.4, 0.5) is 5.69 Å². The number of aromatic nitrogens is 1. The van der Waals surface area contributed by atoms with Gasteiger partial charge in [-0.3, -0.25) is 4.31 Å². The van der Waals surface area contributed by atoms with E-state index in [-0.39, 0.29) is 17.2 Å². The van der Waals surface area contributed by atoms with Crippen LogP contribution in [0, 0.1) is 0 Å². The van der Waals surface area contributed by atoms with E-state index in [9.17, 15) is 8.42 Å². The van der Waals surface area contributed by atoms with Gasteiger partial charge in [-0.15, -0.1) is 0 Å². The predicted octanol–water partition coefficient (Wildman–Crippen LogP) is 4.45. The highest BCUT2D eigenvalue weighted by molar-refractivity contribution is 7.93. The summed E-state index contributed by atoms with van der Waals surface area (Å²) in [5.41, 5.74) is 1.53. The molecular weight excluding hydrogens is 400 g/mol. The lowest BCUT2D eigenvalue weighted by molar-refractivity contribution is 0.171. The van der Waals surface area contributed by atoms with E-state index in [1.54, 1.807) is 32.2 Å². The number of nitrogens with zero attached hydrogens (tertiary/aromatic N) is 1. The number of rotatable bonds is 9. The van der Waals surface area contributed by atoms with Crippen molar-refractivity contribution in [2.45, 2.75) is 18.2 Å². The maximum atomic E-state index is 13.5. The number of halogens is 1. The van der Waals surface area contributed by atoms with Crippen LogP contribution in [0.3, 0.4) is 0 Å². The predicted molar refractivity (Wildman–Crippen MR) is 112 cm³/mol. The van der Waals surface area contributed by atoms with Gasteiger partial charge < -0.3 is 14.5 Å². The average Bonchev–Trinajstić information content (AvgIpc) is 3.14. The third-order valence-electron chi connectivity index (χ3n) is 4.34. The number of benzene rings is 2. The van der Waals surface area contributed by atoms with Crippen LogP contribution < -0.4 is 9.04 Å². The van der Waals surface area contributed by atoms with Crippen molar-refractivity contribution in [1.29, 1.82) is 0 Å². The van der Waals surface area contributed by atoms with Gasteiger partial charge in [-0.1, -0.05) is 11.6 Å². The molecule has 2 aromatic carbocycles. The first kappa shape index (κ1) is 20.5. The van der Waals surface area contributed by atoms with E-state index in [0.29, 0.717) is 30.3 Å². The van der Waals surface area contributed by atoms with E-state index in [1.165, 1.54) is 10.4 Å². The minimum Gasteiger partial charge on any atom is -0.492 e. The number of fused-ring (bicyclic) bond motifs is 1. The summed E-state index contributed by atoms with van der Waals surface area (Å²) in [6.45, 7) is 2.95. The quantitative estimate of drug-likeness (QED) is 0.517. The topological polar surface area (TPSA) is 71.6 Å². The molecule has 0 fully saturated rings. The molecule has 0 saturated carbocycles. The molecule has 0 bridgehead atoms. The number of aromatic amines is 1. The van der Waals surface area contributed by atoms with Crippen LogP contribution in [-0.4, -0.2) is 40.3 Å². The van der Waals surface area contributed by atoms with Crippen molar-refractivity contribution in [3.8, 4) is 5.75 Å². The van der Waals surface area contributed by atoms with Gasteiger partial charge in [0, 0.05) is 48.8 Å². The molecule has 3 aromatic rings. The largest absolute Gasteiger partial charge is 0.492 e. The van der Waals surface area contributed by atoms with Crippen molar-refractivity contribution in [2.75, 3.05) is 31.2 Å². The minimum atomic E-state index is -3.87. The molecule has 0 amide bonds. The Morgan fingerprint density at radius 3 is 2.68 bits per heavy atom. The van der Waals surface area contributed by atoms with Crippen LogP contribution in [0.5, 0.6) is 5.75 Å².